The van der Waals surface area contributed by atoms with E-state index in [0.29, 0.717) is 11.6 Å². The van der Waals surface area contributed by atoms with Crippen LogP contribution in [-0.2, 0) is 11.2 Å². The number of hydrogen-bond donors (Lipinski definition) is 0. The minimum absolute atomic E-state index is 0.0366. The maximum Gasteiger partial charge on any atom is 0.233 e. The first kappa shape index (κ1) is 18.3. The topological polar surface area (TPSA) is 37.6 Å². The van der Waals surface area contributed by atoms with E-state index < -0.39 is 0 Å². The number of fused-ring (bicyclic) bond motifs is 1. The number of rotatable bonds is 5. The fraction of sp³-hybridized carbons (Fsp3) is 0.130. The average molecular weight is 390 g/mol. The number of likely N-dealkylation sites (N-methyl/N-ethyl adjacent to an activating group) is 1. The van der Waals surface area contributed by atoms with Crippen LogP contribution in [0.1, 0.15) is 12.6 Å². The lowest BCUT2D eigenvalue weighted by Crippen LogP contribution is -2.32. The van der Waals surface area contributed by atoms with Gasteiger partial charge in [-0.25, -0.2) is 4.98 Å². The van der Waals surface area contributed by atoms with Gasteiger partial charge in [-0.05, 0) is 43.3 Å². The summed E-state index contributed by atoms with van der Waals surface area (Å²) in [4.78, 5) is 19.8. The van der Waals surface area contributed by atoms with Gasteiger partial charge in [-0.3, -0.25) is 4.79 Å². The molecule has 4 nitrogen and oxygen atoms in total. The van der Waals surface area contributed by atoms with Gasteiger partial charge in [0.25, 0.3) is 0 Å². The van der Waals surface area contributed by atoms with Crippen molar-refractivity contribution in [1.29, 1.82) is 0 Å². The van der Waals surface area contributed by atoms with Crippen LogP contribution < -0.4 is 4.90 Å². The van der Waals surface area contributed by atoms with E-state index in [4.69, 9.17) is 16.6 Å². The van der Waals surface area contributed by atoms with Crippen LogP contribution in [0.15, 0.2) is 79.0 Å². The van der Waals surface area contributed by atoms with Crippen molar-refractivity contribution < 1.29 is 4.79 Å². The molecule has 1 amide bonds. The normalized spacial score (nSPS) is 10.9. The van der Waals surface area contributed by atoms with Gasteiger partial charge in [0.2, 0.25) is 5.91 Å². The van der Waals surface area contributed by atoms with E-state index in [2.05, 4.69) is 0 Å². The number of amides is 1. The lowest BCUT2D eigenvalue weighted by Gasteiger charge is -2.21. The molecule has 0 fully saturated rings. The molecule has 0 aliphatic carbocycles. The number of benzene rings is 2. The molecule has 2 aromatic carbocycles. The Labute approximate surface area is 169 Å². The molecule has 2 heterocycles. The minimum atomic E-state index is 0.0366. The summed E-state index contributed by atoms with van der Waals surface area (Å²) in [5.74, 6) is 0.0366. The van der Waals surface area contributed by atoms with Crippen LogP contribution in [0.25, 0.3) is 16.9 Å². The molecule has 0 bridgehead atoms. The van der Waals surface area contributed by atoms with Crippen molar-refractivity contribution in [1.82, 2.24) is 9.38 Å². The highest BCUT2D eigenvalue weighted by molar-refractivity contribution is 6.30. The van der Waals surface area contributed by atoms with Gasteiger partial charge in [0.05, 0.1) is 17.8 Å². The summed E-state index contributed by atoms with van der Waals surface area (Å²) < 4.78 is 1.99. The van der Waals surface area contributed by atoms with Crippen LogP contribution in [-0.4, -0.2) is 21.8 Å². The van der Waals surface area contributed by atoms with Crippen LogP contribution in [0.2, 0.25) is 5.02 Å². The molecule has 5 heteroatoms. The van der Waals surface area contributed by atoms with Crippen molar-refractivity contribution in [2.45, 2.75) is 13.3 Å². The Hall–Kier alpha value is -3.11. The summed E-state index contributed by atoms with van der Waals surface area (Å²) in [5.41, 5.74) is 4.34. The average Bonchev–Trinajstić information content (AvgIpc) is 3.08. The number of nitrogens with zero attached hydrogens (tertiary/aromatic N) is 3. The summed E-state index contributed by atoms with van der Waals surface area (Å²) in [6, 6.07) is 23.1. The maximum atomic E-state index is 13.2. The molecule has 0 aliphatic heterocycles. The molecular weight excluding hydrogens is 370 g/mol. The predicted octanol–water partition coefficient (Wildman–Crippen LogP) is 5.25. The summed E-state index contributed by atoms with van der Waals surface area (Å²) in [7, 11) is 0. The Morgan fingerprint density at radius 3 is 2.43 bits per heavy atom. The van der Waals surface area contributed by atoms with Crippen molar-refractivity contribution in [2.24, 2.45) is 0 Å². The summed E-state index contributed by atoms with van der Waals surface area (Å²) in [5, 5.41) is 0.673. The number of pyridine rings is 1. The molecule has 140 valence electrons. The third-order valence-corrected chi connectivity index (χ3v) is 5.00. The van der Waals surface area contributed by atoms with E-state index in [1.807, 2.05) is 90.3 Å². The molecule has 0 aliphatic rings. The second-order valence-corrected chi connectivity index (χ2v) is 6.93. The highest BCUT2D eigenvalue weighted by Crippen LogP contribution is 2.27. The molecule has 4 rings (SSSR count). The predicted molar refractivity (Wildman–Crippen MR) is 114 cm³/mol. The molecule has 2 aromatic heterocycles. The lowest BCUT2D eigenvalue weighted by atomic mass is 10.1. The minimum Gasteiger partial charge on any atom is -0.312 e. The molecule has 0 atom stereocenters. The van der Waals surface area contributed by atoms with E-state index in [-0.39, 0.29) is 12.3 Å². The first-order chi connectivity index (χ1) is 13.7. The van der Waals surface area contributed by atoms with Gasteiger partial charge in [-0.15, -0.1) is 0 Å². The highest BCUT2D eigenvalue weighted by atomic mass is 35.5. The Bertz CT molecular complexity index is 1100. The number of hydrogen-bond acceptors (Lipinski definition) is 2. The summed E-state index contributed by atoms with van der Waals surface area (Å²) >= 11 is 6.04. The zero-order chi connectivity index (χ0) is 19.5. The van der Waals surface area contributed by atoms with E-state index in [1.165, 1.54) is 0 Å². The number of aromatic nitrogens is 2. The van der Waals surface area contributed by atoms with E-state index in [9.17, 15) is 4.79 Å². The molecule has 0 spiro atoms. The number of halogens is 1. The van der Waals surface area contributed by atoms with Crippen molar-refractivity contribution in [2.75, 3.05) is 11.4 Å². The number of para-hydroxylation sites is 1. The van der Waals surface area contributed by atoms with Crippen molar-refractivity contribution in [3.05, 3.63) is 89.7 Å². The molecule has 4 aromatic rings. The first-order valence-corrected chi connectivity index (χ1v) is 9.62. The maximum absolute atomic E-state index is 13.2. The quantitative estimate of drug-likeness (QED) is 0.467. The first-order valence-electron chi connectivity index (χ1n) is 9.24. The van der Waals surface area contributed by atoms with Gasteiger partial charge < -0.3 is 9.30 Å². The zero-order valence-corrected chi connectivity index (χ0v) is 16.3. The summed E-state index contributed by atoms with van der Waals surface area (Å²) in [6.45, 7) is 2.59. The third kappa shape index (κ3) is 3.51. The number of carbonyl (C=O) groups excluding carboxylic acids is 1. The molecular formula is C23H20ClN3O. The molecule has 0 radical (unpaired) electrons. The Morgan fingerprint density at radius 1 is 1.00 bits per heavy atom. The van der Waals surface area contributed by atoms with E-state index in [0.717, 1.165) is 28.3 Å². The van der Waals surface area contributed by atoms with Gasteiger partial charge in [-0.1, -0.05) is 48.0 Å². The van der Waals surface area contributed by atoms with E-state index in [1.54, 1.807) is 4.90 Å². The van der Waals surface area contributed by atoms with Crippen LogP contribution in [0, 0.1) is 0 Å². The third-order valence-electron chi connectivity index (χ3n) is 4.75. The van der Waals surface area contributed by atoms with Crippen LogP contribution >= 0.6 is 11.6 Å². The van der Waals surface area contributed by atoms with Gasteiger partial charge in [0.1, 0.15) is 5.65 Å². The van der Waals surface area contributed by atoms with Gasteiger partial charge in [0.15, 0.2) is 0 Å². The van der Waals surface area contributed by atoms with Crippen LogP contribution in [0.3, 0.4) is 0 Å². The Kier molecular flexibility index (Phi) is 5.13. The second kappa shape index (κ2) is 7.87. The summed E-state index contributed by atoms with van der Waals surface area (Å²) in [6.07, 6.45) is 2.20. The van der Waals surface area contributed by atoms with Crippen LogP contribution in [0.5, 0.6) is 0 Å². The fourth-order valence-corrected chi connectivity index (χ4v) is 3.53. The molecule has 0 saturated carbocycles. The number of imidazole rings is 1. The molecule has 0 unspecified atom stereocenters. The van der Waals surface area contributed by atoms with E-state index >= 15 is 0 Å². The Morgan fingerprint density at radius 2 is 1.71 bits per heavy atom. The number of carbonyl (C=O) groups is 1. The smallest absolute Gasteiger partial charge is 0.233 e. The number of anilines is 1. The van der Waals surface area contributed by atoms with Gasteiger partial charge >= 0.3 is 0 Å². The molecule has 0 saturated heterocycles. The Balaban J connectivity index is 1.76. The van der Waals surface area contributed by atoms with Crippen molar-refractivity contribution in [3.63, 3.8) is 0 Å². The SMILES string of the molecule is CCN(C(=O)Cc1c(-c2ccc(Cl)cc2)nc2ccccn12)c1ccccc1. The fourth-order valence-electron chi connectivity index (χ4n) is 3.40. The monoisotopic (exact) mass is 389 g/mol. The van der Waals surface area contributed by atoms with Gasteiger partial charge in [0, 0.05) is 29.0 Å². The molecule has 28 heavy (non-hydrogen) atoms. The second-order valence-electron chi connectivity index (χ2n) is 6.49. The van der Waals surface area contributed by atoms with Crippen LogP contribution in [0.4, 0.5) is 5.69 Å². The standard InChI is InChI=1S/C23H20ClN3O/c1-2-26(19-8-4-3-5-9-19)22(28)16-20-23(17-11-13-18(24)14-12-17)25-21-10-6-7-15-27(20)21/h3-15H,2,16H2,1H3. The zero-order valence-electron chi connectivity index (χ0n) is 15.5. The highest BCUT2D eigenvalue weighted by Gasteiger charge is 2.20. The van der Waals surface area contributed by atoms with Crippen molar-refractivity contribution in [3.8, 4) is 11.3 Å². The van der Waals surface area contributed by atoms with Crippen molar-refractivity contribution >= 4 is 28.8 Å². The van der Waals surface area contributed by atoms with Gasteiger partial charge in [-0.2, -0.15) is 0 Å². The largest absolute Gasteiger partial charge is 0.312 e. The molecule has 0 N–H and O–H groups in total. The lowest BCUT2D eigenvalue weighted by molar-refractivity contribution is -0.118.